The van der Waals surface area contributed by atoms with Crippen molar-refractivity contribution in [3.8, 4) is 0 Å². The average molecular weight is 387 g/mol. The minimum atomic E-state index is -4.81. The number of rotatable bonds is 4. The summed E-state index contributed by atoms with van der Waals surface area (Å²) in [7, 11) is -2.53. The van der Waals surface area contributed by atoms with Crippen molar-refractivity contribution in [2.24, 2.45) is 0 Å². The molecular weight excluding hydrogens is 364 g/mol. The number of hydrogen-bond acceptors (Lipinski definition) is 1. The smallest absolute Gasteiger partial charge is 0.406 e. The Hall–Kier alpha value is -0.233. The summed E-state index contributed by atoms with van der Waals surface area (Å²) in [6, 6.07) is 6.71. The number of halogens is 5. The third-order valence-electron chi connectivity index (χ3n) is 4.40. The molecule has 7 heteroatoms. The zero-order chi connectivity index (χ0) is 18.3. The van der Waals surface area contributed by atoms with Crippen molar-refractivity contribution in [2.75, 3.05) is 0 Å². The van der Waals surface area contributed by atoms with E-state index in [1.807, 2.05) is 33.9 Å². The van der Waals surface area contributed by atoms with E-state index in [-0.39, 0.29) is 5.04 Å². The van der Waals surface area contributed by atoms with Gasteiger partial charge in [-0.15, -0.1) is 0 Å². The highest BCUT2D eigenvalue weighted by Gasteiger charge is 2.60. The molecule has 0 aromatic heterocycles. The van der Waals surface area contributed by atoms with Crippen molar-refractivity contribution in [3.05, 3.63) is 35.4 Å². The van der Waals surface area contributed by atoms with Crippen LogP contribution in [0.15, 0.2) is 24.3 Å². The summed E-state index contributed by atoms with van der Waals surface area (Å²) in [5.74, 6) is 0. The summed E-state index contributed by atoms with van der Waals surface area (Å²) in [6.07, 6.45) is -6.29. The third-order valence-corrected chi connectivity index (χ3v) is 9.66. The first-order valence-electron chi connectivity index (χ1n) is 7.29. The molecule has 132 valence electrons. The van der Waals surface area contributed by atoms with E-state index in [0.29, 0.717) is 11.1 Å². The first kappa shape index (κ1) is 20.8. The molecule has 0 aliphatic heterocycles. The molecule has 0 aliphatic rings. The van der Waals surface area contributed by atoms with Crippen molar-refractivity contribution >= 4 is 31.5 Å². The van der Waals surface area contributed by atoms with Gasteiger partial charge in [-0.25, -0.2) is 0 Å². The second kappa shape index (κ2) is 6.58. The summed E-state index contributed by atoms with van der Waals surface area (Å²) in [5.41, 5.74) is 1.02. The molecule has 0 fully saturated rings. The molecule has 0 saturated heterocycles. The van der Waals surface area contributed by atoms with Crippen molar-refractivity contribution in [2.45, 2.75) is 62.4 Å². The fourth-order valence-corrected chi connectivity index (χ4v) is 3.55. The summed E-state index contributed by atoms with van der Waals surface area (Å²) >= 11 is 11.6. The van der Waals surface area contributed by atoms with Crippen LogP contribution in [0.3, 0.4) is 0 Å². The quantitative estimate of drug-likeness (QED) is 0.408. The Morgan fingerprint density at radius 2 is 1.52 bits per heavy atom. The Morgan fingerprint density at radius 3 is 1.91 bits per heavy atom. The monoisotopic (exact) mass is 386 g/mol. The van der Waals surface area contributed by atoms with Crippen molar-refractivity contribution in [1.29, 1.82) is 0 Å². The molecule has 1 atom stereocenters. The van der Waals surface area contributed by atoms with Gasteiger partial charge in [0.2, 0.25) is 4.33 Å². The molecule has 0 spiro atoms. The van der Waals surface area contributed by atoms with Gasteiger partial charge in [-0.3, -0.25) is 0 Å². The molecule has 1 nitrogen and oxygen atoms in total. The molecule has 1 aromatic carbocycles. The van der Waals surface area contributed by atoms with Gasteiger partial charge in [-0.2, -0.15) is 13.2 Å². The lowest BCUT2D eigenvalue weighted by Crippen LogP contribution is -2.49. The maximum atomic E-state index is 13.4. The Kier molecular flexibility index (Phi) is 5.95. The standard InChI is InChI=1S/C16H23Cl2F3OSi/c1-11-9-7-8-10-12(11)13(15(17,18)16(19,20)21)22-23(5,6)14(2,3)4/h7-10,13H,1-6H3/t13-/m0/s1. The molecule has 0 radical (unpaired) electrons. The molecule has 23 heavy (non-hydrogen) atoms. The lowest BCUT2D eigenvalue weighted by atomic mass is 10.0. The minimum absolute atomic E-state index is 0.274. The van der Waals surface area contributed by atoms with Gasteiger partial charge in [0.1, 0.15) is 6.10 Å². The van der Waals surface area contributed by atoms with E-state index in [9.17, 15) is 13.2 Å². The molecule has 0 unspecified atom stereocenters. The average Bonchev–Trinajstić information content (AvgIpc) is 2.34. The topological polar surface area (TPSA) is 9.23 Å². The maximum Gasteiger partial charge on any atom is 0.424 e. The SMILES string of the molecule is Cc1ccccc1[C@H](O[Si](C)(C)C(C)(C)C)C(Cl)(Cl)C(F)(F)F. The Bertz CT molecular complexity index is 551. The van der Waals surface area contributed by atoms with Gasteiger partial charge in [0.15, 0.2) is 8.32 Å². The minimum Gasteiger partial charge on any atom is -0.406 e. The first-order chi connectivity index (χ1) is 10.1. The predicted octanol–water partition coefficient (Wildman–Crippen LogP) is 6.79. The van der Waals surface area contributed by atoms with Crippen LogP contribution in [0.1, 0.15) is 38.0 Å². The number of aryl methyl sites for hydroxylation is 1. The van der Waals surface area contributed by atoms with Gasteiger partial charge in [-0.05, 0) is 36.2 Å². The molecule has 0 N–H and O–H groups in total. The van der Waals surface area contributed by atoms with E-state index in [0.717, 1.165) is 0 Å². The fraction of sp³-hybridized carbons (Fsp3) is 0.625. The molecule has 0 heterocycles. The highest BCUT2D eigenvalue weighted by molar-refractivity contribution is 6.74. The van der Waals surface area contributed by atoms with Crippen LogP contribution in [0.4, 0.5) is 13.2 Å². The van der Waals surface area contributed by atoms with Crippen LogP contribution >= 0.6 is 23.2 Å². The summed E-state index contributed by atoms with van der Waals surface area (Å²) < 4.78 is 43.3. The van der Waals surface area contributed by atoms with Crippen LogP contribution in [-0.2, 0) is 4.43 Å². The van der Waals surface area contributed by atoms with Crippen LogP contribution in [0.5, 0.6) is 0 Å². The normalized spacial score (nSPS) is 15.6. The molecule has 1 aromatic rings. The van der Waals surface area contributed by atoms with E-state index in [2.05, 4.69) is 0 Å². The highest BCUT2D eigenvalue weighted by atomic mass is 35.5. The molecular formula is C16H23Cl2F3OSi. The van der Waals surface area contributed by atoms with Crippen LogP contribution in [0, 0.1) is 6.92 Å². The third kappa shape index (κ3) is 4.44. The van der Waals surface area contributed by atoms with Crippen LogP contribution in [0.25, 0.3) is 0 Å². The molecule has 0 aliphatic carbocycles. The van der Waals surface area contributed by atoms with Gasteiger partial charge in [0.25, 0.3) is 0 Å². The van der Waals surface area contributed by atoms with Gasteiger partial charge >= 0.3 is 6.18 Å². The predicted molar refractivity (Wildman–Crippen MR) is 92.7 cm³/mol. The highest BCUT2D eigenvalue weighted by Crippen LogP contribution is 2.53. The largest absolute Gasteiger partial charge is 0.424 e. The fourth-order valence-electron chi connectivity index (χ4n) is 1.83. The Labute approximate surface area is 147 Å². The van der Waals surface area contributed by atoms with E-state index in [1.165, 1.54) is 0 Å². The molecule has 0 bridgehead atoms. The van der Waals surface area contributed by atoms with Gasteiger partial charge in [0, 0.05) is 0 Å². The van der Waals surface area contributed by atoms with Gasteiger partial charge in [0.05, 0.1) is 0 Å². The van der Waals surface area contributed by atoms with E-state index in [4.69, 9.17) is 27.6 Å². The second-order valence-electron chi connectivity index (χ2n) is 7.24. The van der Waals surface area contributed by atoms with Crippen LogP contribution < -0.4 is 0 Å². The summed E-state index contributed by atoms with van der Waals surface area (Å²) in [5, 5.41) is -0.274. The first-order valence-corrected chi connectivity index (χ1v) is 11.0. The lowest BCUT2D eigenvalue weighted by Gasteiger charge is -2.43. The molecule has 1 rings (SSSR count). The van der Waals surface area contributed by atoms with Crippen LogP contribution in [0.2, 0.25) is 18.1 Å². The summed E-state index contributed by atoms with van der Waals surface area (Å²) in [4.78, 5) is 0. The molecule has 0 saturated carbocycles. The van der Waals surface area contributed by atoms with E-state index in [1.54, 1.807) is 31.2 Å². The zero-order valence-electron chi connectivity index (χ0n) is 14.2. The van der Waals surface area contributed by atoms with Crippen molar-refractivity contribution < 1.29 is 17.6 Å². The second-order valence-corrected chi connectivity index (χ2v) is 13.4. The number of hydrogen-bond donors (Lipinski definition) is 0. The van der Waals surface area contributed by atoms with Crippen molar-refractivity contribution in [1.82, 2.24) is 0 Å². The Balaban J connectivity index is 3.44. The van der Waals surface area contributed by atoms with E-state index < -0.39 is 24.9 Å². The number of alkyl halides is 5. The maximum absolute atomic E-state index is 13.4. The van der Waals surface area contributed by atoms with E-state index >= 15 is 0 Å². The van der Waals surface area contributed by atoms with Gasteiger partial charge < -0.3 is 4.43 Å². The lowest BCUT2D eigenvalue weighted by molar-refractivity contribution is -0.161. The van der Waals surface area contributed by atoms with Crippen LogP contribution in [-0.4, -0.2) is 18.8 Å². The van der Waals surface area contributed by atoms with Gasteiger partial charge in [-0.1, -0.05) is 68.2 Å². The molecule has 0 amide bonds. The summed E-state index contributed by atoms with van der Waals surface area (Å²) in [6.45, 7) is 11.3. The Morgan fingerprint density at radius 1 is 1.04 bits per heavy atom. The van der Waals surface area contributed by atoms with Crippen molar-refractivity contribution in [3.63, 3.8) is 0 Å². The zero-order valence-corrected chi connectivity index (χ0v) is 16.7. The number of benzene rings is 1.